The first-order valence-electron chi connectivity index (χ1n) is 8.75. The predicted molar refractivity (Wildman–Crippen MR) is 98.0 cm³/mol. The van der Waals surface area contributed by atoms with Gasteiger partial charge in [0.25, 0.3) is 0 Å². The number of halogens is 2. The molecule has 3 aromatic rings. The van der Waals surface area contributed by atoms with Crippen molar-refractivity contribution in [3.8, 4) is 11.3 Å². The summed E-state index contributed by atoms with van der Waals surface area (Å²) in [6.07, 6.45) is 1.70. The first-order valence-corrected chi connectivity index (χ1v) is 8.75. The summed E-state index contributed by atoms with van der Waals surface area (Å²) in [5.74, 6) is -1.09. The Bertz CT molecular complexity index is 889. The van der Waals surface area contributed by atoms with Gasteiger partial charge in [-0.1, -0.05) is 43.3 Å². The van der Waals surface area contributed by atoms with Crippen LogP contribution in [0, 0.1) is 11.6 Å². The quantitative estimate of drug-likeness (QED) is 0.667. The van der Waals surface area contributed by atoms with E-state index >= 15 is 0 Å². The van der Waals surface area contributed by atoms with Gasteiger partial charge in [-0.15, -0.1) is 0 Å². The molecule has 0 bridgehead atoms. The maximum atomic E-state index is 13.8. The lowest BCUT2D eigenvalue weighted by molar-refractivity contribution is -0.121. The standard InChI is InChI=1S/C21H20F2N2O2/c1-14(15-6-3-2-4-7-15)12-24-19(26)10-11-20-25-13-18(27-20)21-16(22)8-5-9-17(21)23/h2-9,13-14H,10-12H2,1H3,(H,24,26). The fraction of sp³-hybridized carbons (Fsp3) is 0.238. The molecule has 4 nitrogen and oxygen atoms in total. The number of benzene rings is 2. The molecule has 6 heteroatoms. The van der Waals surface area contributed by atoms with E-state index in [0.29, 0.717) is 6.54 Å². The summed E-state index contributed by atoms with van der Waals surface area (Å²) in [7, 11) is 0. The number of nitrogens with one attached hydrogen (secondary N) is 1. The van der Waals surface area contributed by atoms with E-state index in [-0.39, 0.29) is 41.9 Å². The Kier molecular flexibility index (Phi) is 5.96. The Morgan fingerprint density at radius 2 is 1.81 bits per heavy atom. The Morgan fingerprint density at radius 1 is 1.11 bits per heavy atom. The van der Waals surface area contributed by atoms with Crippen molar-refractivity contribution in [2.45, 2.75) is 25.7 Å². The van der Waals surface area contributed by atoms with Crippen LogP contribution in [0.2, 0.25) is 0 Å². The predicted octanol–water partition coefficient (Wildman–Crippen LogP) is 4.47. The summed E-state index contributed by atoms with van der Waals surface area (Å²) in [5.41, 5.74) is 0.902. The summed E-state index contributed by atoms with van der Waals surface area (Å²) in [6, 6.07) is 13.5. The zero-order chi connectivity index (χ0) is 19.2. The van der Waals surface area contributed by atoms with E-state index in [4.69, 9.17) is 4.42 Å². The van der Waals surface area contributed by atoms with E-state index < -0.39 is 11.6 Å². The van der Waals surface area contributed by atoms with Gasteiger partial charge in [0.15, 0.2) is 11.7 Å². The van der Waals surface area contributed by atoms with Crippen LogP contribution in [-0.4, -0.2) is 17.4 Å². The smallest absolute Gasteiger partial charge is 0.220 e. The molecule has 0 aliphatic rings. The van der Waals surface area contributed by atoms with Gasteiger partial charge in [-0.3, -0.25) is 4.79 Å². The average molecular weight is 370 g/mol. The number of hydrogen-bond donors (Lipinski definition) is 1. The van der Waals surface area contributed by atoms with Crippen LogP contribution in [0.1, 0.15) is 30.7 Å². The third-order valence-corrected chi connectivity index (χ3v) is 4.30. The molecule has 1 heterocycles. The largest absolute Gasteiger partial charge is 0.441 e. The number of hydrogen-bond acceptors (Lipinski definition) is 3. The van der Waals surface area contributed by atoms with Gasteiger partial charge < -0.3 is 9.73 Å². The molecule has 1 aromatic heterocycles. The van der Waals surface area contributed by atoms with E-state index in [2.05, 4.69) is 10.3 Å². The molecular weight excluding hydrogens is 350 g/mol. The zero-order valence-electron chi connectivity index (χ0n) is 14.9. The van der Waals surface area contributed by atoms with Crippen molar-refractivity contribution in [2.24, 2.45) is 0 Å². The van der Waals surface area contributed by atoms with Crippen molar-refractivity contribution in [1.82, 2.24) is 10.3 Å². The minimum Gasteiger partial charge on any atom is -0.441 e. The van der Waals surface area contributed by atoms with Crippen molar-refractivity contribution in [3.63, 3.8) is 0 Å². The maximum Gasteiger partial charge on any atom is 0.220 e. The van der Waals surface area contributed by atoms with Gasteiger partial charge in [-0.05, 0) is 23.6 Å². The molecule has 1 N–H and O–H groups in total. The van der Waals surface area contributed by atoms with Gasteiger partial charge in [0.1, 0.15) is 11.6 Å². The second-order valence-corrected chi connectivity index (χ2v) is 6.33. The topological polar surface area (TPSA) is 55.1 Å². The fourth-order valence-electron chi connectivity index (χ4n) is 2.75. The minimum absolute atomic E-state index is 0.0127. The van der Waals surface area contributed by atoms with Crippen LogP contribution >= 0.6 is 0 Å². The van der Waals surface area contributed by atoms with Gasteiger partial charge in [-0.25, -0.2) is 13.8 Å². The molecule has 1 unspecified atom stereocenters. The van der Waals surface area contributed by atoms with Crippen LogP contribution < -0.4 is 5.32 Å². The molecule has 27 heavy (non-hydrogen) atoms. The van der Waals surface area contributed by atoms with Crippen molar-refractivity contribution in [2.75, 3.05) is 6.54 Å². The molecule has 0 aliphatic heterocycles. The highest BCUT2D eigenvalue weighted by Crippen LogP contribution is 2.26. The number of aryl methyl sites for hydroxylation is 1. The first kappa shape index (κ1) is 18.8. The van der Waals surface area contributed by atoms with E-state index in [1.54, 1.807) is 0 Å². The molecule has 0 radical (unpaired) electrons. The Balaban J connectivity index is 1.52. The number of rotatable bonds is 7. The lowest BCUT2D eigenvalue weighted by Gasteiger charge is -2.12. The highest BCUT2D eigenvalue weighted by molar-refractivity contribution is 5.76. The molecule has 0 spiro atoms. The Hall–Kier alpha value is -3.02. The molecule has 1 atom stereocenters. The van der Waals surface area contributed by atoms with E-state index in [1.807, 2.05) is 37.3 Å². The zero-order valence-corrected chi connectivity index (χ0v) is 14.9. The SMILES string of the molecule is CC(CNC(=O)CCc1ncc(-c2c(F)cccc2F)o1)c1ccccc1. The van der Waals surface area contributed by atoms with Crippen molar-refractivity contribution >= 4 is 5.91 Å². The van der Waals surface area contributed by atoms with E-state index in [9.17, 15) is 13.6 Å². The first-order chi connectivity index (χ1) is 13.0. The van der Waals surface area contributed by atoms with Crippen molar-refractivity contribution in [1.29, 1.82) is 0 Å². The average Bonchev–Trinajstić information content (AvgIpc) is 3.13. The highest BCUT2D eigenvalue weighted by Gasteiger charge is 2.16. The molecule has 1 amide bonds. The van der Waals surface area contributed by atoms with E-state index in [0.717, 1.165) is 17.7 Å². The van der Waals surface area contributed by atoms with Crippen LogP contribution in [0.25, 0.3) is 11.3 Å². The number of carbonyl (C=O) groups excluding carboxylic acids is 1. The van der Waals surface area contributed by atoms with Crippen LogP contribution in [0.15, 0.2) is 59.1 Å². The van der Waals surface area contributed by atoms with Crippen molar-refractivity contribution in [3.05, 3.63) is 77.8 Å². The number of amides is 1. The number of oxazole rings is 1. The third-order valence-electron chi connectivity index (χ3n) is 4.30. The molecule has 0 aliphatic carbocycles. The second-order valence-electron chi connectivity index (χ2n) is 6.33. The van der Waals surface area contributed by atoms with Crippen LogP contribution in [0.5, 0.6) is 0 Å². The number of aromatic nitrogens is 1. The van der Waals surface area contributed by atoms with E-state index in [1.165, 1.54) is 12.3 Å². The minimum atomic E-state index is -0.717. The molecule has 0 saturated heterocycles. The van der Waals surface area contributed by atoms with Gasteiger partial charge in [0.2, 0.25) is 5.91 Å². The van der Waals surface area contributed by atoms with Gasteiger partial charge in [0.05, 0.1) is 11.8 Å². The fourth-order valence-corrected chi connectivity index (χ4v) is 2.75. The summed E-state index contributed by atoms with van der Waals surface area (Å²) in [5, 5.41) is 2.88. The third kappa shape index (κ3) is 4.78. The van der Waals surface area contributed by atoms with Crippen LogP contribution in [0.4, 0.5) is 8.78 Å². The summed E-state index contributed by atoms with van der Waals surface area (Å²) in [6.45, 7) is 2.57. The molecule has 0 fully saturated rings. The lowest BCUT2D eigenvalue weighted by atomic mass is 10.0. The second kappa shape index (κ2) is 8.58. The molecule has 140 valence electrons. The normalized spacial score (nSPS) is 12.0. The number of carbonyl (C=O) groups is 1. The van der Waals surface area contributed by atoms with Crippen molar-refractivity contribution < 1.29 is 18.0 Å². The lowest BCUT2D eigenvalue weighted by Crippen LogP contribution is -2.27. The summed E-state index contributed by atoms with van der Waals surface area (Å²) in [4.78, 5) is 16.0. The van der Waals surface area contributed by atoms with Gasteiger partial charge in [-0.2, -0.15) is 0 Å². The van der Waals surface area contributed by atoms with Crippen LogP contribution in [0.3, 0.4) is 0 Å². The maximum absolute atomic E-state index is 13.8. The Labute approximate surface area is 156 Å². The summed E-state index contributed by atoms with van der Waals surface area (Å²) < 4.78 is 33.0. The summed E-state index contributed by atoms with van der Waals surface area (Å²) >= 11 is 0. The van der Waals surface area contributed by atoms with Gasteiger partial charge >= 0.3 is 0 Å². The van der Waals surface area contributed by atoms with Crippen LogP contribution in [-0.2, 0) is 11.2 Å². The molecule has 3 rings (SSSR count). The molecular formula is C21H20F2N2O2. The highest BCUT2D eigenvalue weighted by atomic mass is 19.1. The monoisotopic (exact) mass is 370 g/mol. The van der Waals surface area contributed by atoms with Gasteiger partial charge in [0, 0.05) is 19.4 Å². The number of nitrogens with zero attached hydrogens (tertiary/aromatic N) is 1. The molecule has 2 aromatic carbocycles. The Morgan fingerprint density at radius 3 is 2.52 bits per heavy atom. The molecule has 0 saturated carbocycles.